The number of aryl methyl sites for hydroxylation is 1. The van der Waals surface area contributed by atoms with Gasteiger partial charge in [0.1, 0.15) is 23.4 Å². The molecule has 6 nitrogen and oxygen atoms in total. The molecule has 0 radical (unpaired) electrons. The molecule has 1 fully saturated rings. The molecule has 0 spiro atoms. The number of imidazole rings is 1. The van der Waals surface area contributed by atoms with E-state index in [2.05, 4.69) is 10.3 Å². The van der Waals surface area contributed by atoms with Crippen molar-refractivity contribution in [1.82, 2.24) is 19.8 Å². The molecule has 1 N–H and O–H groups in total. The lowest BCUT2D eigenvalue weighted by molar-refractivity contribution is -0.137. The summed E-state index contributed by atoms with van der Waals surface area (Å²) < 4.78 is 20.4. The molecule has 1 aliphatic heterocycles. The second-order valence-electron chi connectivity index (χ2n) is 5.57. The third-order valence-corrected chi connectivity index (χ3v) is 4.26. The quantitative estimate of drug-likeness (QED) is 0.911. The molecule has 24 heavy (non-hydrogen) atoms. The maximum absolute atomic E-state index is 13.1. The van der Waals surface area contributed by atoms with Crippen LogP contribution in [0.15, 0.2) is 30.6 Å². The minimum atomic E-state index is -0.448. The highest BCUT2D eigenvalue weighted by Gasteiger charge is 2.30. The Morgan fingerprint density at radius 2 is 2.38 bits per heavy atom. The summed E-state index contributed by atoms with van der Waals surface area (Å²) in [7, 11) is 1.90. The zero-order chi connectivity index (χ0) is 17.1. The van der Waals surface area contributed by atoms with Crippen molar-refractivity contribution < 1.29 is 13.9 Å². The van der Waals surface area contributed by atoms with Crippen LogP contribution in [0.3, 0.4) is 0 Å². The molecule has 1 atom stereocenters. The van der Waals surface area contributed by atoms with E-state index in [-0.39, 0.29) is 29.3 Å². The molecule has 1 aromatic heterocycles. The minimum Gasteiger partial charge on any atom is -0.482 e. The second-order valence-corrected chi connectivity index (χ2v) is 5.97. The van der Waals surface area contributed by atoms with E-state index in [1.165, 1.54) is 12.1 Å². The summed E-state index contributed by atoms with van der Waals surface area (Å²) in [5.41, 5.74) is 0. The SMILES string of the molecule is Cn1ccnc1C1CNCCN1C(=O)COc1ccc(F)cc1Cl. The third kappa shape index (κ3) is 3.52. The lowest BCUT2D eigenvalue weighted by Gasteiger charge is -2.35. The highest BCUT2D eigenvalue weighted by molar-refractivity contribution is 6.32. The van der Waals surface area contributed by atoms with Crippen molar-refractivity contribution in [2.75, 3.05) is 26.2 Å². The topological polar surface area (TPSA) is 59.4 Å². The van der Waals surface area contributed by atoms with Gasteiger partial charge in [-0.25, -0.2) is 9.37 Å². The van der Waals surface area contributed by atoms with Gasteiger partial charge < -0.3 is 19.5 Å². The number of nitrogens with zero attached hydrogens (tertiary/aromatic N) is 3. The number of carbonyl (C=O) groups excluding carboxylic acids is 1. The van der Waals surface area contributed by atoms with Gasteiger partial charge in [0.25, 0.3) is 5.91 Å². The maximum Gasteiger partial charge on any atom is 0.261 e. The Morgan fingerprint density at radius 3 is 3.08 bits per heavy atom. The van der Waals surface area contributed by atoms with E-state index in [0.29, 0.717) is 19.6 Å². The van der Waals surface area contributed by atoms with E-state index in [4.69, 9.17) is 16.3 Å². The number of nitrogens with one attached hydrogen (secondary N) is 1. The number of rotatable bonds is 4. The number of halogens is 2. The van der Waals surface area contributed by atoms with Crippen LogP contribution in [0.4, 0.5) is 4.39 Å². The Bertz CT molecular complexity index is 737. The molecule has 1 saturated heterocycles. The van der Waals surface area contributed by atoms with E-state index in [0.717, 1.165) is 11.9 Å². The number of benzene rings is 1. The van der Waals surface area contributed by atoms with Crippen molar-refractivity contribution in [2.45, 2.75) is 6.04 Å². The monoisotopic (exact) mass is 352 g/mol. The Labute approximate surface area is 144 Å². The van der Waals surface area contributed by atoms with Crippen molar-refractivity contribution in [3.63, 3.8) is 0 Å². The number of amides is 1. The molecule has 2 aromatic rings. The Morgan fingerprint density at radius 1 is 1.54 bits per heavy atom. The molecule has 3 rings (SSSR count). The normalized spacial score (nSPS) is 17.8. The lowest BCUT2D eigenvalue weighted by Crippen LogP contribution is -2.50. The fraction of sp³-hybridized carbons (Fsp3) is 0.375. The number of hydrogen-bond acceptors (Lipinski definition) is 4. The molecule has 2 heterocycles. The van der Waals surface area contributed by atoms with Gasteiger partial charge in [0.15, 0.2) is 6.61 Å². The highest BCUT2D eigenvalue weighted by atomic mass is 35.5. The van der Waals surface area contributed by atoms with Crippen molar-refractivity contribution in [2.24, 2.45) is 7.05 Å². The number of carbonyl (C=O) groups is 1. The van der Waals surface area contributed by atoms with Gasteiger partial charge in [-0.05, 0) is 18.2 Å². The summed E-state index contributed by atoms with van der Waals surface area (Å²) in [5.74, 6) is 0.492. The lowest BCUT2D eigenvalue weighted by atomic mass is 10.1. The smallest absolute Gasteiger partial charge is 0.261 e. The van der Waals surface area contributed by atoms with Crippen LogP contribution in [0.25, 0.3) is 0 Å². The first-order valence-electron chi connectivity index (χ1n) is 7.61. The van der Waals surface area contributed by atoms with E-state index >= 15 is 0 Å². The standard InChI is InChI=1S/C16H18ClFN4O2/c1-21-6-5-20-16(21)13-9-19-4-7-22(13)15(23)10-24-14-3-2-11(18)8-12(14)17/h2-3,5-6,8,13,19H,4,7,9-10H2,1H3. The zero-order valence-corrected chi connectivity index (χ0v) is 14.0. The molecule has 1 amide bonds. The van der Waals surface area contributed by atoms with Gasteiger partial charge >= 0.3 is 0 Å². The summed E-state index contributed by atoms with van der Waals surface area (Å²) in [4.78, 5) is 18.7. The molecule has 0 saturated carbocycles. The molecular weight excluding hydrogens is 335 g/mol. The summed E-state index contributed by atoms with van der Waals surface area (Å²) in [6.45, 7) is 1.75. The van der Waals surface area contributed by atoms with Crippen LogP contribution in [0.5, 0.6) is 5.75 Å². The van der Waals surface area contributed by atoms with Gasteiger partial charge in [0.05, 0.1) is 5.02 Å². The van der Waals surface area contributed by atoms with Crippen LogP contribution >= 0.6 is 11.6 Å². The fourth-order valence-corrected chi connectivity index (χ4v) is 2.97. The fourth-order valence-electron chi connectivity index (χ4n) is 2.75. The van der Waals surface area contributed by atoms with E-state index in [1.807, 2.05) is 17.8 Å². The van der Waals surface area contributed by atoms with Gasteiger partial charge in [-0.1, -0.05) is 11.6 Å². The first-order chi connectivity index (χ1) is 11.6. The minimum absolute atomic E-state index is 0.142. The summed E-state index contributed by atoms with van der Waals surface area (Å²) in [6.07, 6.45) is 3.56. The van der Waals surface area contributed by atoms with Crippen molar-refractivity contribution in [3.05, 3.63) is 47.3 Å². The number of hydrogen-bond donors (Lipinski definition) is 1. The van der Waals surface area contributed by atoms with Gasteiger partial charge in [0.2, 0.25) is 0 Å². The van der Waals surface area contributed by atoms with E-state index in [1.54, 1.807) is 11.1 Å². The van der Waals surface area contributed by atoms with E-state index in [9.17, 15) is 9.18 Å². The molecule has 1 aromatic carbocycles. The van der Waals surface area contributed by atoms with Crippen molar-refractivity contribution in [3.8, 4) is 5.75 Å². The largest absolute Gasteiger partial charge is 0.482 e. The number of piperazine rings is 1. The molecular formula is C16H18ClFN4O2. The Balaban J connectivity index is 1.69. The predicted octanol–water partition coefficient (Wildman–Crippen LogP) is 1.76. The van der Waals surface area contributed by atoms with Gasteiger partial charge in [-0.3, -0.25) is 4.79 Å². The van der Waals surface area contributed by atoms with Crippen molar-refractivity contribution >= 4 is 17.5 Å². The van der Waals surface area contributed by atoms with Crippen LogP contribution < -0.4 is 10.1 Å². The van der Waals surface area contributed by atoms with Gasteiger partial charge in [-0.2, -0.15) is 0 Å². The molecule has 1 aliphatic rings. The van der Waals surface area contributed by atoms with Crippen LogP contribution in [0.1, 0.15) is 11.9 Å². The van der Waals surface area contributed by atoms with Crippen LogP contribution in [-0.4, -0.2) is 46.6 Å². The average Bonchev–Trinajstić information content (AvgIpc) is 2.99. The summed E-state index contributed by atoms with van der Waals surface area (Å²) in [5, 5.41) is 3.42. The highest BCUT2D eigenvalue weighted by Crippen LogP contribution is 2.25. The van der Waals surface area contributed by atoms with Crippen LogP contribution in [0, 0.1) is 5.82 Å². The third-order valence-electron chi connectivity index (χ3n) is 3.97. The van der Waals surface area contributed by atoms with Gasteiger partial charge in [-0.15, -0.1) is 0 Å². The number of ether oxygens (including phenoxy) is 1. The predicted molar refractivity (Wildman–Crippen MR) is 87.4 cm³/mol. The average molecular weight is 353 g/mol. The summed E-state index contributed by atoms with van der Waals surface area (Å²) in [6, 6.07) is 3.66. The first kappa shape index (κ1) is 16.7. The van der Waals surface area contributed by atoms with E-state index < -0.39 is 5.82 Å². The molecule has 8 heteroatoms. The Hall–Kier alpha value is -2.12. The maximum atomic E-state index is 13.1. The first-order valence-corrected chi connectivity index (χ1v) is 7.99. The zero-order valence-electron chi connectivity index (χ0n) is 13.2. The molecule has 128 valence electrons. The van der Waals surface area contributed by atoms with Gasteiger partial charge in [0, 0.05) is 39.1 Å². The molecule has 0 bridgehead atoms. The van der Waals surface area contributed by atoms with Crippen LogP contribution in [-0.2, 0) is 11.8 Å². The van der Waals surface area contributed by atoms with Crippen LogP contribution in [0.2, 0.25) is 5.02 Å². The second kappa shape index (κ2) is 7.19. The summed E-state index contributed by atoms with van der Waals surface area (Å²) >= 11 is 5.92. The number of aromatic nitrogens is 2. The Kier molecular flexibility index (Phi) is 5.01. The molecule has 1 unspecified atom stereocenters. The molecule has 0 aliphatic carbocycles. The van der Waals surface area contributed by atoms with Crippen molar-refractivity contribution in [1.29, 1.82) is 0 Å².